The summed E-state index contributed by atoms with van der Waals surface area (Å²) in [6.45, 7) is 5.68. The van der Waals surface area contributed by atoms with Crippen molar-refractivity contribution in [3.63, 3.8) is 0 Å². The van der Waals surface area contributed by atoms with Gasteiger partial charge in [-0.15, -0.1) is 0 Å². The van der Waals surface area contributed by atoms with Crippen molar-refractivity contribution in [1.82, 2.24) is 0 Å². The number of hydrogen-bond acceptors (Lipinski definition) is 2. The first-order chi connectivity index (χ1) is 16.3. The summed E-state index contributed by atoms with van der Waals surface area (Å²) in [6, 6.07) is 37.3. The van der Waals surface area contributed by atoms with Gasteiger partial charge in [-0.25, -0.2) is 0 Å². The molecule has 0 unspecified atom stereocenters. The van der Waals surface area contributed by atoms with Crippen LogP contribution in [0.25, 0.3) is 0 Å². The first-order valence-corrected chi connectivity index (χ1v) is 11.6. The summed E-state index contributed by atoms with van der Waals surface area (Å²) in [5, 5.41) is 15.9. The van der Waals surface area contributed by atoms with Gasteiger partial charge in [-0.1, -0.05) is 130 Å². The highest BCUT2D eigenvalue weighted by Crippen LogP contribution is 2.48. The molecule has 0 spiro atoms. The second-order valence-electron chi connectivity index (χ2n) is 9.63. The fourth-order valence-electron chi connectivity index (χ4n) is 4.35. The lowest BCUT2D eigenvalue weighted by Gasteiger charge is -2.39. The lowest BCUT2D eigenvalue weighted by molar-refractivity contribution is -0.123. The predicted molar refractivity (Wildman–Crippen MR) is 139 cm³/mol. The summed E-state index contributed by atoms with van der Waals surface area (Å²) in [4.78, 5) is 13.0. The average Bonchev–Trinajstić information content (AvgIpc) is 2.86. The zero-order valence-corrected chi connectivity index (χ0v) is 19.9. The van der Waals surface area contributed by atoms with Crippen molar-refractivity contribution in [1.29, 1.82) is 0 Å². The first kappa shape index (κ1) is 23.5. The van der Waals surface area contributed by atoms with E-state index in [1.165, 1.54) is 0 Å². The van der Waals surface area contributed by atoms with Crippen LogP contribution in [0.3, 0.4) is 0 Å². The van der Waals surface area contributed by atoms with Crippen LogP contribution < -0.4 is 5.32 Å². The molecule has 172 valence electrons. The Morgan fingerprint density at radius 2 is 1.12 bits per heavy atom. The van der Waals surface area contributed by atoms with Gasteiger partial charge < -0.3 is 10.4 Å². The molecule has 0 fully saturated rings. The minimum atomic E-state index is -1.38. The highest BCUT2D eigenvalue weighted by Gasteiger charge is 2.43. The zero-order valence-electron chi connectivity index (χ0n) is 19.9. The Morgan fingerprint density at radius 1 is 0.676 bits per heavy atom. The van der Waals surface area contributed by atoms with E-state index in [1.54, 1.807) is 0 Å². The summed E-state index contributed by atoms with van der Waals surface area (Å²) in [6.07, 6.45) is 0. The number of para-hydroxylation sites is 1. The van der Waals surface area contributed by atoms with E-state index < -0.39 is 16.9 Å². The molecule has 0 bridgehead atoms. The minimum absolute atomic E-state index is 0.0743. The number of anilines is 1. The van der Waals surface area contributed by atoms with Crippen LogP contribution >= 0.6 is 0 Å². The lowest BCUT2D eigenvalue weighted by Crippen LogP contribution is -2.36. The first-order valence-electron chi connectivity index (χ1n) is 11.6. The van der Waals surface area contributed by atoms with Gasteiger partial charge in [0.05, 0.1) is 0 Å². The molecular formula is C31H31NO2. The van der Waals surface area contributed by atoms with Gasteiger partial charge >= 0.3 is 0 Å². The van der Waals surface area contributed by atoms with Crippen LogP contribution in [0.4, 0.5) is 5.69 Å². The Hall–Kier alpha value is -3.69. The van der Waals surface area contributed by atoms with Crippen molar-refractivity contribution in [2.24, 2.45) is 5.41 Å². The fourth-order valence-corrected chi connectivity index (χ4v) is 4.35. The maximum atomic E-state index is 13.0. The number of amides is 1. The van der Waals surface area contributed by atoms with Crippen LogP contribution in [-0.2, 0) is 10.4 Å². The normalized spacial score (nSPS) is 12.7. The molecule has 1 atom stereocenters. The van der Waals surface area contributed by atoms with Gasteiger partial charge in [-0.3, -0.25) is 4.79 Å². The SMILES string of the molecule is CC(C)(C)C(=O)Nc1ccccc1[C@H](c1ccccc1)C(O)(c1ccccc1)c1ccccc1. The summed E-state index contributed by atoms with van der Waals surface area (Å²) in [5.41, 5.74) is 2.13. The fraction of sp³-hybridized carbons (Fsp3) is 0.194. The molecule has 0 heterocycles. The zero-order chi connectivity index (χ0) is 24.2. The number of carbonyl (C=O) groups is 1. The third-order valence-electron chi connectivity index (χ3n) is 6.18. The molecule has 0 saturated carbocycles. The van der Waals surface area contributed by atoms with E-state index >= 15 is 0 Å². The molecule has 0 aromatic heterocycles. The van der Waals surface area contributed by atoms with E-state index in [1.807, 2.05) is 136 Å². The Morgan fingerprint density at radius 3 is 1.62 bits per heavy atom. The summed E-state index contributed by atoms with van der Waals surface area (Å²) in [5.74, 6) is -0.551. The molecule has 4 aromatic carbocycles. The number of nitrogens with one attached hydrogen (secondary N) is 1. The van der Waals surface area contributed by atoms with Crippen LogP contribution in [0.2, 0.25) is 0 Å². The second-order valence-corrected chi connectivity index (χ2v) is 9.63. The second kappa shape index (κ2) is 9.66. The van der Waals surface area contributed by atoms with Crippen molar-refractivity contribution in [3.8, 4) is 0 Å². The Bertz CT molecular complexity index is 1190. The van der Waals surface area contributed by atoms with Gasteiger partial charge in [-0.2, -0.15) is 0 Å². The van der Waals surface area contributed by atoms with E-state index in [-0.39, 0.29) is 5.91 Å². The molecule has 0 aliphatic carbocycles. The molecule has 4 rings (SSSR count). The van der Waals surface area contributed by atoms with Crippen molar-refractivity contribution in [2.75, 3.05) is 5.32 Å². The lowest BCUT2D eigenvalue weighted by atomic mass is 9.69. The van der Waals surface area contributed by atoms with Gasteiger partial charge in [0, 0.05) is 17.0 Å². The largest absolute Gasteiger partial charge is 0.379 e. The average molecular weight is 450 g/mol. The van der Waals surface area contributed by atoms with Gasteiger partial charge in [-0.05, 0) is 28.3 Å². The van der Waals surface area contributed by atoms with Gasteiger partial charge in [0.15, 0.2) is 0 Å². The minimum Gasteiger partial charge on any atom is -0.379 e. The topological polar surface area (TPSA) is 49.3 Å². The third-order valence-corrected chi connectivity index (χ3v) is 6.18. The molecule has 0 radical (unpaired) electrons. The molecule has 0 saturated heterocycles. The molecule has 3 nitrogen and oxygen atoms in total. The molecular weight excluding hydrogens is 418 g/mol. The quantitative estimate of drug-likeness (QED) is 0.342. The van der Waals surface area contributed by atoms with E-state index in [9.17, 15) is 9.90 Å². The van der Waals surface area contributed by atoms with E-state index in [0.717, 1.165) is 22.3 Å². The number of rotatable bonds is 6. The van der Waals surface area contributed by atoms with Crippen molar-refractivity contribution in [2.45, 2.75) is 32.3 Å². The number of carbonyl (C=O) groups excluding carboxylic acids is 1. The van der Waals surface area contributed by atoms with Gasteiger partial charge in [0.2, 0.25) is 5.91 Å². The summed E-state index contributed by atoms with van der Waals surface area (Å²) >= 11 is 0. The van der Waals surface area contributed by atoms with E-state index in [0.29, 0.717) is 5.69 Å². The molecule has 1 amide bonds. The monoisotopic (exact) mass is 449 g/mol. The Labute approximate surface area is 202 Å². The molecule has 4 aromatic rings. The molecule has 3 heteroatoms. The number of benzene rings is 4. The Kier molecular flexibility index (Phi) is 6.67. The highest BCUT2D eigenvalue weighted by molar-refractivity contribution is 5.95. The molecule has 34 heavy (non-hydrogen) atoms. The summed E-state index contributed by atoms with van der Waals surface area (Å²) < 4.78 is 0. The summed E-state index contributed by atoms with van der Waals surface area (Å²) in [7, 11) is 0. The Balaban J connectivity index is 1.99. The van der Waals surface area contributed by atoms with Gasteiger partial charge in [0.25, 0.3) is 0 Å². The van der Waals surface area contributed by atoms with Crippen LogP contribution in [-0.4, -0.2) is 11.0 Å². The molecule has 0 aliphatic heterocycles. The van der Waals surface area contributed by atoms with Crippen LogP contribution in [0.5, 0.6) is 0 Å². The maximum Gasteiger partial charge on any atom is 0.229 e. The standard InChI is InChI=1S/C31H31NO2/c1-30(2,3)29(33)32-27-22-14-13-21-26(27)28(23-15-7-4-8-16-23)31(34,24-17-9-5-10-18-24)25-19-11-6-12-20-25/h4-22,28,34H,1-3H3,(H,32,33)/t28-/m0/s1. The number of hydrogen-bond donors (Lipinski definition) is 2. The van der Waals surface area contributed by atoms with Crippen molar-refractivity contribution >= 4 is 11.6 Å². The third kappa shape index (κ3) is 4.66. The predicted octanol–water partition coefficient (Wildman–Crippen LogP) is 6.74. The van der Waals surface area contributed by atoms with Crippen LogP contribution in [0, 0.1) is 5.41 Å². The smallest absolute Gasteiger partial charge is 0.229 e. The highest BCUT2D eigenvalue weighted by atomic mass is 16.3. The van der Waals surface area contributed by atoms with Crippen LogP contribution in [0.15, 0.2) is 115 Å². The maximum absolute atomic E-state index is 13.0. The van der Waals surface area contributed by atoms with Crippen LogP contribution in [0.1, 0.15) is 48.9 Å². The van der Waals surface area contributed by atoms with E-state index in [4.69, 9.17) is 0 Å². The van der Waals surface area contributed by atoms with Crippen molar-refractivity contribution < 1.29 is 9.90 Å². The van der Waals surface area contributed by atoms with E-state index in [2.05, 4.69) is 5.32 Å². The molecule has 2 N–H and O–H groups in total. The number of aliphatic hydroxyl groups is 1. The molecule has 0 aliphatic rings. The van der Waals surface area contributed by atoms with Gasteiger partial charge in [0.1, 0.15) is 5.60 Å². The van der Waals surface area contributed by atoms with Crippen molar-refractivity contribution in [3.05, 3.63) is 138 Å².